The van der Waals surface area contributed by atoms with Gasteiger partial charge in [0.05, 0.1) is 11.5 Å². The Balaban J connectivity index is 1.98. The number of halogens is 1. The number of aliphatic hydroxyl groups excluding tert-OH is 1. The third-order valence-corrected chi connectivity index (χ3v) is 3.28. The average Bonchev–Trinajstić information content (AvgIpc) is 2.86. The molecule has 0 saturated heterocycles. The molecule has 4 heteroatoms. The van der Waals surface area contributed by atoms with Gasteiger partial charge >= 0.3 is 0 Å². The van der Waals surface area contributed by atoms with Crippen molar-refractivity contribution < 1.29 is 14.2 Å². The van der Waals surface area contributed by atoms with Gasteiger partial charge in [-0.25, -0.2) is 4.39 Å². The van der Waals surface area contributed by atoms with Crippen LogP contribution >= 0.6 is 11.3 Å². The molecule has 1 aromatic carbocycles. The van der Waals surface area contributed by atoms with Crippen LogP contribution in [-0.2, 0) is 6.61 Å². The van der Waals surface area contributed by atoms with E-state index in [2.05, 4.69) is 11.8 Å². The van der Waals surface area contributed by atoms with Gasteiger partial charge in [0.1, 0.15) is 18.2 Å². The molecule has 0 aliphatic carbocycles. The van der Waals surface area contributed by atoms with E-state index in [9.17, 15) is 4.39 Å². The fraction of sp³-hybridized carbons (Fsp3) is 0.200. The standard InChI is InChI=1S/C15H13FO2S/c16-13-4-6-14(7-5-13)18-11-15-12(8-10-19-15)3-1-2-9-17/h4-8,10,17H,2,9,11H2. The lowest BCUT2D eigenvalue weighted by Crippen LogP contribution is -1.95. The summed E-state index contributed by atoms with van der Waals surface area (Å²) in [5.41, 5.74) is 0.917. The molecule has 0 saturated carbocycles. The molecular formula is C15H13FO2S. The fourth-order valence-electron chi connectivity index (χ4n) is 1.46. The summed E-state index contributed by atoms with van der Waals surface area (Å²) in [6, 6.07) is 7.86. The normalized spacial score (nSPS) is 9.79. The van der Waals surface area contributed by atoms with Crippen molar-refractivity contribution in [3.8, 4) is 17.6 Å². The van der Waals surface area contributed by atoms with E-state index in [1.165, 1.54) is 12.1 Å². The molecule has 2 nitrogen and oxygen atoms in total. The summed E-state index contributed by atoms with van der Waals surface area (Å²) in [7, 11) is 0. The summed E-state index contributed by atoms with van der Waals surface area (Å²) in [5, 5.41) is 10.6. The molecule has 0 bridgehead atoms. The fourth-order valence-corrected chi connectivity index (χ4v) is 2.20. The number of hydrogen-bond acceptors (Lipinski definition) is 3. The third kappa shape index (κ3) is 4.09. The molecule has 0 radical (unpaired) electrons. The van der Waals surface area contributed by atoms with E-state index in [1.54, 1.807) is 23.5 Å². The van der Waals surface area contributed by atoms with E-state index in [4.69, 9.17) is 9.84 Å². The van der Waals surface area contributed by atoms with Crippen molar-refractivity contribution >= 4 is 11.3 Å². The van der Waals surface area contributed by atoms with Crippen molar-refractivity contribution in [2.75, 3.05) is 6.61 Å². The number of hydrogen-bond donors (Lipinski definition) is 1. The first-order valence-electron chi connectivity index (χ1n) is 5.84. The van der Waals surface area contributed by atoms with Crippen LogP contribution in [0.25, 0.3) is 0 Å². The van der Waals surface area contributed by atoms with Crippen LogP contribution in [-0.4, -0.2) is 11.7 Å². The summed E-state index contributed by atoms with van der Waals surface area (Å²) in [6.45, 7) is 0.477. The van der Waals surface area contributed by atoms with Gasteiger partial charge in [-0.05, 0) is 35.7 Å². The van der Waals surface area contributed by atoms with Crippen molar-refractivity contribution in [3.63, 3.8) is 0 Å². The van der Waals surface area contributed by atoms with Gasteiger partial charge in [0, 0.05) is 12.0 Å². The highest BCUT2D eigenvalue weighted by Crippen LogP contribution is 2.19. The highest BCUT2D eigenvalue weighted by Gasteiger charge is 2.03. The number of benzene rings is 1. The van der Waals surface area contributed by atoms with Crippen LogP contribution < -0.4 is 4.74 Å². The first kappa shape index (κ1) is 13.6. The second-order valence-electron chi connectivity index (χ2n) is 3.78. The number of rotatable bonds is 4. The molecule has 1 aromatic heterocycles. The summed E-state index contributed by atoms with van der Waals surface area (Å²) in [6.07, 6.45) is 0.466. The molecule has 2 rings (SSSR count). The van der Waals surface area contributed by atoms with Crippen LogP contribution in [0, 0.1) is 17.7 Å². The molecule has 98 valence electrons. The summed E-state index contributed by atoms with van der Waals surface area (Å²) >= 11 is 1.57. The van der Waals surface area contributed by atoms with Crippen molar-refractivity contribution in [2.24, 2.45) is 0 Å². The number of aliphatic hydroxyl groups is 1. The lowest BCUT2D eigenvalue weighted by atomic mass is 10.2. The van der Waals surface area contributed by atoms with Crippen LogP contribution in [0.1, 0.15) is 16.9 Å². The average molecular weight is 276 g/mol. The predicted molar refractivity (Wildman–Crippen MR) is 73.6 cm³/mol. The molecular weight excluding hydrogens is 263 g/mol. The van der Waals surface area contributed by atoms with Gasteiger partial charge < -0.3 is 9.84 Å². The lowest BCUT2D eigenvalue weighted by molar-refractivity contribution is 0.305. The first-order valence-corrected chi connectivity index (χ1v) is 6.72. The highest BCUT2D eigenvalue weighted by molar-refractivity contribution is 7.10. The Morgan fingerprint density at radius 3 is 2.74 bits per heavy atom. The Hall–Kier alpha value is -1.83. The Morgan fingerprint density at radius 2 is 2.00 bits per heavy atom. The second kappa shape index (κ2) is 6.93. The molecule has 0 amide bonds. The number of thiophene rings is 1. The Morgan fingerprint density at radius 1 is 1.21 bits per heavy atom. The van der Waals surface area contributed by atoms with Gasteiger partial charge in [0.15, 0.2) is 0 Å². The predicted octanol–water partition coefficient (Wildman–Crippen LogP) is 3.20. The maximum atomic E-state index is 12.7. The summed E-state index contributed by atoms with van der Waals surface area (Å²) in [4.78, 5) is 1.02. The minimum atomic E-state index is -0.279. The zero-order valence-corrected chi connectivity index (χ0v) is 11.0. The number of ether oxygens (including phenoxy) is 1. The molecule has 2 aromatic rings. The maximum absolute atomic E-state index is 12.7. The van der Waals surface area contributed by atoms with Crippen molar-refractivity contribution in [1.29, 1.82) is 0 Å². The molecule has 0 aliphatic rings. The van der Waals surface area contributed by atoms with Crippen LogP contribution in [0.5, 0.6) is 5.75 Å². The topological polar surface area (TPSA) is 29.5 Å². The maximum Gasteiger partial charge on any atom is 0.124 e. The van der Waals surface area contributed by atoms with Gasteiger partial charge in [0.2, 0.25) is 0 Å². The molecule has 0 spiro atoms. The molecule has 0 unspecified atom stereocenters. The Labute approximate surface area is 115 Å². The van der Waals surface area contributed by atoms with Gasteiger partial charge in [-0.3, -0.25) is 0 Å². The smallest absolute Gasteiger partial charge is 0.124 e. The minimum absolute atomic E-state index is 0.0680. The van der Waals surface area contributed by atoms with Crippen molar-refractivity contribution in [2.45, 2.75) is 13.0 Å². The molecule has 1 N–H and O–H groups in total. The van der Waals surface area contributed by atoms with E-state index in [0.29, 0.717) is 18.8 Å². The minimum Gasteiger partial charge on any atom is -0.488 e. The molecule has 0 fully saturated rings. The van der Waals surface area contributed by atoms with Crippen molar-refractivity contribution in [1.82, 2.24) is 0 Å². The highest BCUT2D eigenvalue weighted by atomic mass is 32.1. The van der Waals surface area contributed by atoms with Gasteiger partial charge in [-0.2, -0.15) is 0 Å². The quantitative estimate of drug-likeness (QED) is 0.869. The van der Waals surface area contributed by atoms with E-state index < -0.39 is 0 Å². The third-order valence-electron chi connectivity index (χ3n) is 2.39. The molecule has 0 atom stereocenters. The summed E-state index contributed by atoms with van der Waals surface area (Å²) in [5.74, 6) is 6.24. The van der Waals surface area contributed by atoms with E-state index in [-0.39, 0.29) is 12.4 Å². The van der Waals surface area contributed by atoms with Gasteiger partial charge in [-0.1, -0.05) is 11.8 Å². The monoisotopic (exact) mass is 276 g/mol. The largest absolute Gasteiger partial charge is 0.488 e. The first-order chi connectivity index (χ1) is 9.29. The van der Waals surface area contributed by atoms with Crippen molar-refractivity contribution in [3.05, 3.63) is 52.0 Å². The molecule has 19 heavy (non-hydrogen) atoms. The molecule has 0 aliphatic heterocycles. The van der Waals surface area contributed by atoms with E-state index in [0.717, 1.165) is 10.4 Å². The Kier molecular flexibility index (Phi) is 4.96. The summed E-state index contributed by atoms with van der Waals surface area (Å²) < 4.78 is 18.3. The molecule has 1 heterocycles. The van der Waals surface area contributed by atoms with E-state index >= 15 is 0 Å². The Bertz CT molecular complexity index is 578. The van der Waals surface area contributed by atoms with Gasteiger partial charge in [-0.15, -0.1) is 11.3 Å². The van der Waals surface area contributed by atoms with Crippen LogP contribution in [0.2, 0.25) is 0 Å². The SMILES string of the molecule is OCCC#Cc1ccsc1COc1ccc(F)cc1. The second-order valence-corrected chi connectivity index (χ2v) is 4.78. The lowest BCUT2D eigenvalue weighted by Gasteiger charge is -2.04. The van der Waals surface area contributed by atoms with Crippen LogP contribution in [0.15, 0.2) is 35.7 Å². The van der Waals surface area contributed by atoms with Crippen LogP contribution in [0.4, 0.5) is 4.39 Å². The zero-order chi connectivity index (χ0) is 13.5. The van der Waals surface area contributed by atoms with E-state index in [1.807, 2.05) is 11.4 Å². The van der Waals surface area contributed by atoms with Crippen LogP contribution in [0.3, 0.4) is 0 Å². The zero-order valence-electron chi connectivity index (χ0n) is 10.2. The van der Waals surface area contributed by atoms with Gasteiger partial charge in [0.25, 0.3) is 0 Å².